The molecule has 0 aromatic rings. The van der Waals surface area contributed by atoms with Crippen LogP contribution in [0.4, 0.5) is 4.39 Å². The highest BCUT2D eigenvalue weighted by molar-refractivity contribution is 5.49. The Morgan fingerprint density at radius 3 is 2.56 bits per heavy atom. The summed E-state index contributed by atoms with van der Waals surface area (Å²) < 4.78 is 12.9. The van der Waals surface area contributed by atoms with Crippen molar-refractivity contribution >= 4 is 6.29 Å². The number of hydrogen-bond acceptors (Lipinski definition) is 1. The molecule has 1 fully saturated rings. The summed E-state index contributed by atoms with van der Waals surface area (Å²) >= 11 is 0. The van der Waals surface area contributed by atoms with Gasteiger partial charge in [-0.3, -0.25) is 0 Å². The van der Waals surface area contributed by atoms with Crippen LogP contribution in [0.3, 0.4) is 0 Å². The summed E-state index contributed by atoms with van der Waals surface area (Å²) in [4.78, 5) is 9.82. The summed E-state index contributed by atoms with van der Waals surface area (Å²) in [5, 5.41) is 0. The Labute approximate surface area is 54.3 Å². The fourth-order valence-electron chi connectivity index (χ4n) is 1.13. The van der Waals surface area contributed by atoms with E-state index in [4.69, 9.17) is 0 Å². The molecule has 52 valence electrons. The largest absolute Gasteiger partial charge is 0.303 e. The van der Waals surface area contributed by atoms with E-state index < -0.39 is 5.67 Å². The van der Waals surface area contributed by atoms with Crippen molar-refractivity contribution in [3.05, 3.63) is 0 Å². The second-order valence-electron chi connectivity index (χ2n) is 2.71. The van der Waals surface area contributed by atoms with E-state index in [1.165, 1.54) is 0 Å². The van der Waals surface area contributed by atoms with Gasteiger partial charge in [0.2, 0.25) is 0 Å². The van der Waals surface area contributed by atoms with Crippen LogP contribution in [0.25, 0.3) is 0 Å². The first-order chi connectivity index (χ1) is 4.27. The summed E-state index contributed by atoms with van der Waals surface area (Å²) in [7, 11) is 0. The standard InChI is InChI=1S/C7H11FO/c8-7(3-1-4-7)5-2-6-9/h6H,1-5H2. The average molecular weight is 130 g/mol. The predicted molar refractivity (Wildman–Crippen MR) is 33.0 cm³/mol. The molecule has 1 aliphatic rings. The molecule has 0 radical (unpaired) electrons. The van der Waals surface area contributed by atoms with Crippen LogP contribution in [0.1, 0.15) is 32.1 Å². The van der Waals surface area contributed by atoms with E-state index in [9.17, 15) is 9.18 Å². The van der Waals surface area contributed by atoms with Crippen molar-refractivity contribution in [2.45, 2.75) is 37.8 Å². The zero-order valence-electron chi connectivity index (χ0n) is 5.40. The number of hydrogen-bond donors (Lipinski definition) is 0. The van der Waals surface area contributed by atoms with Crippen molar-refractivity contribution in [3.63, 3.8) is 0 Å². The molecule has 1 rings (SSSR count). The van der Waals surface area contributed by atoms with Gasteiger partial charge in [0.15, 0.2) is 0 Å². The Morgan fingerprint density at radius 2 is 2.22 bits per heavy atom. The summed E-state index contributed by atoms with van der Waals surface area (Å²) in [5.74, 6) is 0. The Morgan fingerprint density at radius 1 is 1.56 bits per heavy atom. The van der Waals surface area contributed by atoms with Crippen molar-refractivity contribution in [2.24, 2.45) is 0 Å². The monoisotopic (exact) mass is 130 g/mol. The van der Waals surface area contributed by atoms with Crippen molar-refractivity contribution in [1.82, 2.24) is 0 Å². The van der Waals surface area contributed by atoms with E-state index in [0.717, 1.165) is 12.7 Å². The van der Waals surface area contributed by atoms with Crippen LogP contribution in [0.5, 0.6) is 0 Å². The summed E-state index contributed by atoms with van der Waals surface area (Å²) in [6.07, 6.45) is 3.95. The fraction of sp³-hybridized carbons (Fsp3) is 0.857. The van der Waals surface area contributed by atoms with Crippen LogP contribution in [-0.4, -0.2) is 12.0 Å². The first-order valence-electron chi connectivity index (χ1n) is 3.39. The van der Waals surface area contributed by atoms with Gasteiger partial charge in [-0.05, 0) is 25.7 Å². The van der Waals surface area contributed by atoms with Crippen LogP contribution in [0.2, 0.25) is 0 Å². The van der Waals surface area contributed by atoms with Gasteiger partial charge in [0.05, 0.1) is 0 Å². The van der Waals surface area contributed by atoms with Gasteiger partial charge in [-0.2, -0.15) is 0 Å². The van der Waals surface area contributed by atoms with Crippen LogP contribution in [-0.2, 0) is 4.79 Å². The van der Waals surface area contributed by atoms with Gasteiger partial charge in [0.25, 0.3) is 0 Å². The summed E-state index contributed by atoms with van der Waals surface area (Å²) in [5.41, 5.74) is -0.957. The molecule has 0 bridgehead atoms. The first-order valence-corrected chi connectivity index (χ1v) is 3.39. The van der Waals surface area contributed by atoms with E-state index >= 15 is 0 Å². The van der Waals surface area contributed by atoms with Gasteiger partial charge in [-0.1, -0.05) is 0 Å². The van der Waals surface area contributed by atoms with E-state index in [-0.39, 0.29) is 0 Å². The van der Waals surface area contributed by atoms with E-state index in [1.807, 2.05) is 0 Å². The normalized spacial score (nSPS) is 22.8. The van der Waals surface area contributed by atoms with Crippen LogP contribution < -0.4 is 0 Å². The molecule has 0 amide bonds. The second-order valence-corrected chi connectivity index (χ2v) is 2.71. The van der Waals surface area contributed by atoms with Crippen molar-refractivity contribution in [1.29, 1.82) is 0 Å². The number of rotatable bonds is 3. The highest BCUT2D eigenvalue weighted by atomic mass is 19.1. The van der Waals surface area contributed by atoms with Crippen LogP contribution >= 0.6 is 0 Å². The molecule has 0 aromatic carbocycles. The van der Waals surface area contributed by atoms with Gasteiger partial charge >= 0.3 is 0 Å². The van der Waals surface area contributed by atoms with E-state index in [2.05, 4.69) is 0 Å². The zero-order valence-corrected chi connectivity index (χ0v) is 5.40. The zero-order chi connectivity index (χ0) is 6.74. The van der Waals surface area contributed by atoms with Crippen LogP contribution in [0, 0.1) is 0 Å². The lowest BCUT2D eigenvalue weighted by Crippen LogP contribution is -2.31. The molecule has 0 unspecified atom stereocenters. The molecule has 1 aliphatic carbocycles. The smallest absolute Gasteiger partial charge is 0.120 e. The number of carbonyl (C=O) groups is 1. The van der Waals surface area contributed by atoms with E-state index in [0.29, 0.717) is 25.7 Å². The third-order valence-corrected chi connectivity index (χ3v) is 1.96. The van der Waals surface area contributed by atoms with Crippen molar-refractivity contribution in [2.75, 3.05) is 0 Å². The lowest BCUT2D eigenvalue weighted by atomic mass is 9.79. The number of carbonyl (C=O) groups excluding carboxylic acids is 1. The summed E-state index contributed by atoms with van der Waals surface area (Å²) in [6, 6.07) is 0. The number of halogens is 1. The van der Waals surface area contributed by atoms with Gasteiger partial charge in [-0.15, -0.1) is 0 Å². The highest BCUT2D eigenvalue weighted by Gasteiger charge is 2.35. The minimum atomic E-state index is -0.957. The molecule has 0 saturated heterocycles. The first kappa shape index (κ1) is 6.72. The molecule has 9 heavy (non-hydrogen) atoms. The van der Waals surface area contributed by atoms with Gasteiger partial charge in [-0.25, -0.2) is 4.39 Å². The fourth-order valence-corrected chi connectivity index (χ4v) is 1.13. The lowest BCUT2D eigenvalue weighted by Gasteiger charge is -2.33. The molecular formula is C7H11FO. The molecule has 0 aliphatic heterocycles. The second kappa shape index (κ2) is 2.46. The van der Waals surface area contributed by atoms with Gasteiger partial charge < -0.3 is 4.79 Å². The molecule has 1 nitrogen and oxygen atoms in total. The Balaban J connectivity index is 2.16. The van der Waals surface area contributed by atoms with Gasteiger partial charge in [0.1, 0.15) is 12.0 Å². The maximum Gasteiger partial charge on any atom is 0.120 e. The Hall–Kier alpha value is -0.400. The summed E-state index contributed by atoms with van der Waals surface area (Å²) in [6.45, 7) is 0. The Kier molecular flexibility index (Phi) is 1.84. The average Bonchev–Trinajstić information content (AvgIpc) is 1.79. The quantitative estimate of drug-likeness (QED) is 0.533. The molecule has 0 aromatic heterocycles. The van der Waals surface area contributed by atoms with Crippen molar-refractivity contribution < 1.29 is 9.18 Å². The third-order valence-electron chi connectivity index (χ3n) is 1.96. The minimum Gasteiger partial charge on any atom is -0.303 e. The number of alkyl halides is 1. The molecule has 2 heteroatoms. The molecule has 0 heterocycles. The molecule has 0 spiro atoms. The molecular weight excluding hydrogens is 119 g/mol. The molecule has 1 saturated carbocycles. The minimum absolute atomic E-state index is 0.385. The SMILES string of the molecule is O=CCCC1(F)CCC1. The predicted octanol–water partition coefficient (Wildman–Crippen LogP) is 1.86. The Bertz CT molecular complexity index is 107. The highest BCUT2D eigenvalue weighted by Crippen LogP contribution is 2.39. The molecule has 0 atom stereocenters. The maximum absolute atomic E-state index is 12.9. The third kappa shape index (κ3) is 1.50. The number of aldehydes is 1. The maximum atomic E-state index is 12.9. The topological polar surface area (TPSA) is 17.1 Å². The van der Waals surface area contributed by atoms with Crippen LogP contribution in [0.15, 0.2) is 0 Å². The lowest BCUT2D eigenvalue weighted by molar-refractivity contribution is -0.109. The van der Waals surface area contributed by atoms with Crippen molar-refractivity contribution in [3.8, 4) is 0 Å². The molecule has 0 N–H and O–H groups in total. The van der Waals surface area contributed by atoms with Gasteiger partial charge in [0, 0.05) is 6.42 Å². The van der Waals surface area contributed by atoms with E-state index in [1.54, 1.807) is 0 Å².